The molecule has 28 heavy (non-hydrogen) atoms. The highest BCUT2D eigenvalue weighted by Gasteiger charge is 2.11. The second-order valence-electron chi connectivity index (χ2n) is 6.43. The minimum Gasteiger partial charge on any atom is -0.495 e. The molecule has 0 aromatic heterocycles. The van der Waals surface area contributed by atoms with Gasteiger partial charge in [-0.1, -0.05) is 42.5 Å². The van der Waals surface area contributed by atoms with Crippen molar-refractivity contribution in [3.63, 3.8) is 0 Å². The first-order valence-electron chi connectivity index (χ1n) is 9.06. The van der Waals surface area contributed by atoms with Crippen LogP contribution in [0, 0.1) is 13.8 Å². The summed E-state index contributed by atoms with van der Waals surface area (Å²) in [7, 11) is 1.62. The van der Waals surface area contributed by atoms with E-state index >= 15 is 0 Å². The first kappa shape index (κ1) is 19.3. The number of benzene rings is 3. The minimum absolute atomic E-state index is 0.0608. The molecule has 2 N–H and O–H groups in total. The van der Waals surface area contributed by atoms with Crippen molar-refractivity contribution in [1.29, 1.82) is 0 Å². The Morgan fingerprint density at radius 1 is 0.821 bits per heavy atom. The largest absolute Gasteiger partial charge is 0.495 e. The summed E-state index contributed by atoms with van der Waals surface area (Å²) >= 11 is 0. The number of rotatable bonds is 7. The van der Waals surface area contributed by atoms with Gasteiger partial charge in [-0.2, -0.15) is 0 Å². The van der Waals surface area contributed by atoms with Gasteiger partial charge in [0.05, 0.1) is 24.2 Å². The Morgan fingerprint density at radius 3 is 2.11 bits per heavy atom. The van der Waals surface area contributed by atoms with Gasteiger partial charge in [0.25, 0.3) is 5.91 Å². The van der Waals surface area contributed by atoms with Crippen molar-refractivity contribution in [2.24, 2.45) is 0 Å². The third-order valence-electron chi connectivity index (χ3n) is 4.33. The summed E-state index contributed by atoms with van der Waals surface area (Å²) < 4.78 is 11.1. The van der Waals surface area contributed by atoms with Crippen molar-refractivity contribution >= 4 is 23.0 Å². The van der Waals surface area contributed by atoms with Crippen LogP contribution in [-0.2, 0) is 4.79 Å². The smallest absolute Gasteiger partial charge is 0.262 e. The molecule has 0 radical (unpaired) electrons. The van der Waals surface area contributed by atoms with Gasteiger partial charge in [-0.05, 0) is 49.2 Å². The first-order valence-corrected chi connectivity index (χ1v) is 9.06. The van der Waals surface area contributed by atoms with E-state index in [0.29, 0.717) is 5.69 Å². The van der Waals surface area contributed by atoms with E-state index in [1.807, 2.05) is 80.6 Å². The van der Waals surface area contributed by atoms with Gasteiger partial charge in [0.2, 0.25) is 0 Å². The average Bonchev–Trinajstić information content (AvgIpc) is 2.69. The third kappa shape index (κ3) is 4.62. The number of carbonyl (C=O) groups excluding carboxylic acids is 1. The molecule has 0 aliphatic heterocycles. The molecule has 0 spiro atoms. The van der Waals surface area contributed by atoms with Gasteiger partial charge in [-0.3, -0.25) is 4.79 Å². The van der Waals surface area contributed by atoms with E-state index in [1.54, 1.807) is 7.11 Å². The number of methoxy groups -OCH3 is 1. The monoisotopic (exact) mass is 376 g/mol. The lowest BCUT2D eigenvalue weighted by atomic mass is 10.1. The van der Waals surface area contributed by atoms with Crippen molar-refractivity contribution in [2.75, 3.05) is 24.4 Å². The normalized spacial score (nSPS) is 10.2. The highest BCUT2D eigenvalue weighted by molar-refractivity contribution is 5.96. The van der Waals surface area contributed by atoms with E-state index < -0.39 is 0 Å². The lowest BCUT2D eigenvalue weighted by molar-refractivity contribution is -0.118. The van der Waals surface area contributed by atoms with E-state index in [-0.39, 0.29) is 12.5 Å². The fraction of sp³-hybridized carbons (Fsp3) is 0.174. The van der Waals surface area contributed by atoms with Gasteiger partial charge in [-0.25, -0.2) is 0 Å². The molecule has 0 saturated heterocycles. The predicted octanol–water partition coefficient (Wildman–Crippen LogP) is 5.07. The van der Waals surface area contributed by atoms with Crippen LogP contribution in [0.25, 0.3) is 0 Å². The summed E-state index contributed by atoms with van der Waals surface area (Å²) in [4.78, 5) is 12.4. The maximum atomic E-state index is 12.4. The molecule has 0 aliphatic carbocycles. The van der Waals surface area contributed by atoms with Crippen molar-refractivity contribution in [1.82, 2.24) is 0 Å². The zero-order valence-corrected chi connectivity index (χ0v) is 16.3. The first-order chi connectivity index (χ1) is 13.6. The molecule has 3 aromatic rings. The number of ether oxygens (including phenoxy) is 2. The lowest BCUT2D eigenvalue weighted by Gasteiger charge is -2.16. The molecule has 1 amide bonds. The number of para-hydroxylation sites is 5. The number of hydrogen-bond acceptors (Lipinski definition) is 4. The summed E-state index contributed by atoms with van der Waals surface area (Å²) in [5, 5.41) is 6.22. The number of amides is 1. The molecular formula is C23H24N2O3. The second-order valence-corrected chi connectivity index (χ2v) is 6.43. The van der Waals surface area contributed by atoms with Crippen LogP contribution in [0.15, 0.2) is 66.7 Å². The number of anilines is 3. The van der Waals surface area contributed by atoms with Crippen LogP contribution in [0.4, 0.5) is 17.1 Å². The topological polar surface area (TPSA) is 59.6 Å². The Hall–Kier alpha value is -3.47. The Balaban J connectivity index is 1.70. The summed E-state index contributed by atoms with van der Waals surface area (Å²) in [5.41, 5.74) is 4.27. The number of aryl methyl sites for hydroxylation is 2. The van der Waals surface area contributed by atoms with Crippen LogP contribution < -0.4 is 20.1 Å². The second kappa shape index (κ2) is 8.95. The fourth-order valence-corrected chi connectivity index (χ4v) is 2.94. The molecule has 0 fully saturated rings. The van der Waals surface area contributed by atoms with Gasteiger partial charge >= 0.3 is 0 Å². The molecular weight excluding hydrogens is 352 g/mol. The highest BCUT2D eigenvalue weighted by Crippen LogP contribution is 2.31. The van der Waals surface area contributed by atoms with Gasteiger partial charge in [0.1, 0.15) is 11.5 Å². The average molecular weight is 376 g/mol. The van der Waals surface area contributed by atoms with E-state index in [0.717, 1.165) is 34.0 Å². The molecule has 0 heterocycles. The van der Waals surface area contributed by atoms with Crippen molar-refractivity contribution in [2.45, 2.75) is 13.8 Å². The molecule has 0 unspecified atom stereocenters. The third-order valence-corrected chi connectivity index (χ3v) is 4.33. The maximum Gasteiger partial charge on any atom is 0.262 e. The number of hydrogen-bond donors (Lipinski definition) is 2. The van der Waals surface area contributed by atoms with Crippen LogP contribution in [0.1, 0.15) is 11.1 Å². The molecule has 0 aliphatic rings. The van der Waals surface area contributed by atoms with Crippen LogP contribution in [-0.4, -0.2) is 19.6 Å². The molecule has 0 atom stereocenters. The van der Waals surface area contributed by atoms with Gasteiger partial charge in [0, 0.05) is 0 Å². The van der Waals surface area contributed by atoms with Crippen LogP contribution in [0.3, 0.4) is 0 Å². The van der Waals surface area contributed by atoms with Crippen molar-refractivity contribution < 1.29 is 14.3 Å². The predicted molar refractivity (Wildman–Crippen MR) is 113 cm³/mol. The number of carbonyl (C=O) groups is 1. The van der Waals surface area contributed by atoms with E-state index in [4.69, 9.17) is 9.47 Å². The molecule has 144 valence electrons. The molecule has 3 rings (SSSR count). The van der Waals surface area contributed by atoms with E-state index in [2.05, 4.69) is 10.6 Å². The van der Waals surface area contributed by atoms with Crippen LogP contribution >= 0.6 is 0 Å². The quantitative estimate of drug-likeness (QED) is 0.604. The van der Waals surface area contributed by atoms with Crippen molar-refractivity contribution in [3.8, 4) is 11.5 Å². The fourth-order valence-electron chi connectivity index (χ4n) is 2.94. The molecule has 0 saturated carbocycles. The standard InChI is InChI=1S/C23H24N2O3/c1-16-9-8-10-17(2)23(16)28-15-22(26)25-19-12-5-4-11-18(19)24-20-13-6-7-14-21(20)27-3/h4-14,24H,15H2,1-3H3,(H,25,26). The van der Waals surface area contributed by atoms with Crippen molar-refractivity contribution in [3.05, 3.63) is 77.9 Å². The van der Waals surface area contributed by atoms with Gasteiger partial charge in [0.15, 0.2) is 6.61 Å². The van der Waals surface area contributed by atoms with E-state index in [1.165, 1.54) is 0 Å². The number of nitrogens with one attached hydrogen (secondary N) is 2. The zero-order chi connectivity index (χ0) is 19.9. The SMILES string of the molecule is COc1ccccc1Nc1ccccc1NC(=O)COc1c(C)cccc1C. The maximum absolute atomic E-state index is 12.4. The molecule has 5 nitrogen and oxygen atoms in total. The summed E-state index contributed by atoms with van der Waals surface area (Å²) in [5.74, 6) is 1.25. The Bertz CT molecular complexity index is 949. The summed E-state index contributed by atoms with van der Waals surface area (Å²) in [6.07, 6.45) is 0. The zero-order valence-electron chi connectivity index (χ0n) is 16.3. The van der Waals surface area contributed by atoms with E-state index in [9.17, 15) is 4.79 Å². The van der Waals surface area contributed by atoms with Crippen LogP contribution in [0.5, 0.6) is 11.5 Å². The molecule has 0 bridgehead atoms. The lowest BCUT2D eigenvalue weighted by Crippen LogP contribution is -2.21. The molecule has 5 heteroatoms. The Labute approximate surface area is 165 Å². The Morgan fingerprint density at radius 2 is 1.43 bits per heavy atom. The van der Waals surface area contributed by atoms with Crippen LogP contribution in [0.2, 0.25) is 0 Å². The van der Waals surface area contributed by atoms with Gasteiger partial charge in [-0.15, -0.1) is 0 Å². The summed E-state index contributed by atoms with van der Waals surface area (Å²) in [6, 6.07) is 21.0. The van der Waals surface area contributed by atoms with Gasteiger partial charge < -0.3 is 20.1 Å². The molecule has 3 aromatic carbocycles. The highest BCUT2D eigenvalue weighted by atomic mass is 16.5. The minimum atomic E-state index is -0.225. The summed E-state index contributed by atoms with van der Waals surface area (Å²) in [6.45, 7) is 3.87. The Kier molecular flexibility index (Phi) is 6.17.